The predicted octanol–water partition coefficient (Wildman–Crippen LogP) is 3.33. The van der Waals surface area contributed by atoms with E-state index in [9.17, 15) is 4.79 Å². The highest BCUT2D eigenvalue weighted by Crippen LogP contribution is 2.23. The van der Waals surface area contributed by atoms with Crippen LogP contribution in [0.5, 0.6) is 0 Å². The Morgan fingerprint density at radius 2 is 2.11 bits per heavy atom. The number of rotatable bonds is 2. The second-order valence-corrected chi connectivity index (χ2v) is 4.84. The van der Waals surface area contributed by atoms with E-state index in [1.807, 2.05) is 0 Å². The van der Waals surface area contributed by atoms with Gasteiger partial charge < -0.3 is 11.1 Å². The molecule has 0 atom stereocenters. The molecule has 0 aliphatic heterocycles. The van der Waals surface area contributed by atoms with Gasteiger partial charge in [-0.3, -0.25) is 4.79 Å². The molecule has 92 valence electrons. The molecule has 0 radical (unpaired) electrons. The lowest BCUT2D eigenvalue weighted by Crippen LogP contribution is -2.15. The second kappa shape index (κ2) is 5.37. The highest BCUT2D eigenvalue weighted by Gasteiger charge is 2.14. The lowest BCUT2D eigenvalue weighted by molar-refractivity contribution is 0.102. The standard InChI is InChI=1S/C12H9BrClN3O/c13-7-4-5-10(16-6-7)17-12(18)11-8(14)2-1-3-9(11)15/h1-6H,15H2,(H,16,17,18). The predicted molar refractivity (Wildman–Crippen MR) is 75.8 cm³/mol. The second-order valence-electron chi connectivity index (χ2n) is 3.52. The number of nitrogens with two attached hydrogens (primary N) is 1. The number of nitrogen functional groups attached to an aromatic ring is 1. The molecule has 0 aliphatic rings. The number of benzene rings is 1. The van der Waals surface area contributed by atoms with E-state index in [4.69, 9.17) is 17.3 Å². The van der Waals surface area contributed by atoms with Crippen LogP contribution >= 0.6 is 27.5 Å². The van der Waals surface area contributed by atoms with Gasteiger partial charge in [0.1, 0.15) is 5.82 Å². The number of anilines is 2. The fourth-order valence-electron chi connectivity index (χ4n) is 1.41. The fourth-order valence-corrected chi connectivity index (χ4v) is 1.91. The van der Waals surface area contributed by atoms with E-state index in [-0.39, 0.29) is 11.5 Å². The molecule has 2 aromatic rings. The Balaban J connectivity index is 2.25. The van der Waals surface area contributed by atoms with Crippen LogP contribution in [-0.2, 0) is 0 Å². The molecule has 6 heteroatoms. The van der Waals surface area contributed by atoms with Gasteiger partial charge in [0.25, 0.3) is 5.91 Å². The lowest BCUT2D eigenvalue weighted by Gasteiger charge is -2.08. The summed E-state index contributed by atoms with van der Waals surface area (Å²) >= 11 is 9.21. The van der Waals surface area contributed by atoms with Crippen LogP contribution in [0.3, 0.4) is 0 Å². The Morgan fingerprint density at radius 3 is 2.72 bits per heavy atom. The summed E-state index contributed by atoms with van der Waals surface area (Å²) in [6.45, 7) is 0. The van der Waals surface area contributed by atoms with Crippen molar-refractivity contribution in [1.82, 2.24) is 4.98 Å². The van der Waals surface area contributed by atoms with E-state index in [2.05, 4.69) is 26.2 Å². The van der Waals surface area contributed by atoms with E-state index in [1.54, 1.807) is 36.5 Å². The van der Waals surface area contributed by atoms with Crippen molar-refractivity contribution >= 4 is 44.9 Å². The van der Waals surface area contributed by atoms with Crippen LogP contribution in [0.1, 0.15) is 10.4 Å². The quantitative estimate of drug-likeness (QED) is 0.832. The van der Waals surface area contributed by atoms with Crippen LogP contribution in [0, 0.1) is 0 Å². The summed E-state index contributed by atoms with van der Waals surface area (Å²) in [5.41, 5.74) is 6.31. The summed E-state index contributed by atoms with van der Waals surface area (Å²) in [6, 6.07) is 8.37. The Kier molecular flexibility index (Phi) is 3.84. The Morgan fingerprint density at radius 1 is 1.33 bits per heavy atom. The molecule has 3 N–H and O–H groups in total. The number of hydrogen-bond donors (Lipinski definition) is 2. The fraction of sp³-hybridized carbons (Fsp3) is 0. The van der Waals surface area contributed by atoms with Crippen molar-refractivity contribution in [3.05, 3.63) is 51.6 Å². The van der Waals surface area contributed by atoms with Gasteiger partial charge in [0.15, 0.2) is 0 Å². The monoisotopic (exact) mass is 325 g/mol. The minimum absolute atomic E-state index is 0.254. The molecule has 4 nitrogen and oxygen atoms in total. The van der Waals surface area contributed by atoms with Gasteiger partial charge in [-0.05, 0) is 40.2 Å². The number of nitrogens with zero attached hydrogens (tertiary/aromatic N) is 1. The zero-order chi connectivity index (χ0) is 13.1. The Labute approximate surface area is 117 Å². The highest BCUT2D eigenvalue weighted by molar-refractivity contribution is 9.10. The number of hydrogen-bond acceptors (Lipinski definition) is 3. The maximum Gasteiger partial charge on any atom is 0.260 e. The molecule has 0 fully saturated rings. The van der Waals surface area contributed by atoms with E-state index >= 15 is 0 Å². The summed E-state index contributed by atoms with van der Waals surface area (Å²) < 4.78 is 0.831. The number of halogens is 2. The van der Waals surface area contributed by atoms with Gasteiger partial charge >= 0.3 is 0 Å². The Hall–Kier alpha value is -1.59. The van der Waals surface area contributed by atoms with E-state index in [1.165, 1.54) is 0 Å². The summed E-state index contributed by atoms with van der Waals surface area (Å²) in [4.78, 5) is 16.1. The molecule has 1 heterocycles. The molecule has 0 saturated carbocycles. The molecule has 1 aromatic carbocycles. The average Bonchev–Trinajstić information content (AvgIpc) is 2.32. The molecule has 1 aromatic heterocycles. The first-order chi connectivity index (χ1) is 8.58. The first kappa shape index (κ1) is 12.9. The van der Waals surface area contributed by atoms with Gasteiger partial charge in [-0.2, -0.15) is 0 Å². The zero-order valence-electron chi connectivity index (χ0n) is 9.15. The number of carbonyl (C=O) groups excluding carboxylic acids is 1. The lowest BCUT2D eigenvalue weighted by atomic mass is 10.1. The maximum absolute atomic E-state index is 12.0. The van der Waals surface area contributed by atoms with Crippen LogP contribution in [0.25, 0.3) is 0 Å². The van der Waals surface area contributed by atoms with Gasteiger partial charge in [-0.15, -0.1) is 0 Å². The molecular formula is C12H9BrClN3O. The Bertz CT molecular complexity index is 566. The summed E-state index contributed by atoms with van der Waals surface area (Å²) in [5, 5.41) is 2.94. The molecule has 0 spiro atoms. The first-order valence-corrected chi connectivity index (χ1v) is 6.22. The van der Waals surface area contributed by atoms with E-state index in [0.717, 1.165) is 4.47 Å². The van der Waals surface area contributed by atoms with Crippen LogP contribution in [0.2, 0.25) is 5.02 Å². The topological polar surface area (TPSA) is 68.0 Å². The van der Waals surface area contributed by atoms with Gasteiger partial charge in [-0.1, -0.05) is 17.7 Å². The smallest absolute Gasteiger partial charge is 0.260 e. The third-order valence-corrected chi connectivity index (χ3v) is 3.03. The van der Waals surface area contributed by atoms with Crippen LogP contribution in [0.15, 0.2) is 41.0 Å². The molecule has 1 amide bonds. The number of pyridine rings is 1. The number of carbonyl (C=O) groups is 1. The molecule has 0 unspecified atom stereocenters. The van der Waals surface area contributed by atoms with Crippen molar-refractivity contribution in [2.24, 2.45) is 0 Å². The molecule has 0 bridgehead atoms. The van der Waals surface area contributed by atoms with Crippen LogP contribution < -0.4 is 11.1 Å². The highest BCUT2D eigenvalue weighted by atomic mass is 79.9. The van der Waals surface area contributed by atoms with E-state index < -0.39 is 0 Å². The van der Waals surface area contributed by atoms with E-state index in [0.29, 0.717) is 16.5 Å². The van der Waals surface area contributed by atoms with Gasteiger partial charge in [0, 0.05) is 16.4 Å². The number of aromatic nitrogens is 1. The maximum atomic E-state index is 12.0. The largest absolute Gasteiger partial charge is 0.398 e. The normalized spacial score (nSPS) is 10.1. The van der Waals surface area contributed by atoms with Crippen molar-refractivity contribution < 1.29 is 4.79 Å². The van der Waals surface area contributed by atoms with Crippen molar-refractivity contribution in [2.45, 2.75) is 0 Å². The zero-order valence-corrected chi connectivity index (χ0v) is 11.5. The average molecular weight is 327 g/mol. The SMILES string of the molecule is Nc1cccc(Cl)c1C(=O)Nc1ccc(Br)cn1. The minimum Gasteiger partial charge on any atom is -0.398 e. The van der Waals surface area contributed by atoms with Crippen molar-refractivity contribution in [1.29, 1.82) is 0 Å². The van der Waals surface area contributed by atoms with Crippen LogP contribution in [-0.4, -0.2) is 10.9 Å². The van der Waals surface area contributed by atoms with Gasteiger partial charge in [0.05, 0.1) is 10.6 Å². The summed E-state index contributed by atoms with van der Waals surface area (Å²) in [7, 11) is 0. The summed E-state index contributed by atoms with van der Waals surface area (Å²) in [5.74, 6) is 0.0513. The first-order valence-electron chi connectivity index (χ1n) is 5.05. The van der Waals surface area contributed by atoms with Gasteiger partial charge in [-0.25, -0.2) is 4.98 Å². The molecular weight excluding hydrogens is 318 g/mol. The van der Waals surface area contributed by atoms with Crippen molar-refractivity contribution in [2.75, 3.05) is 11.1 Å². The molecule has 2 rings (SSSR count). The van der Waals surface area contributed by atoms with Crippen LogP contribution in [0.4, 0.5) is 11.5 Å². The number of amides is 1. The van der Waals surface area contributed by atoms with Crippen molar-refractivity contribution in [3.63, 3.8) is 0 Å². The summed E-state index contributed by atoms with van der Waals surface area (Å²) in [6.07, 6.45) is 1.59. The molecule has 0 saturated heterocycles. The number of nitrogens with one attached hydrogen (secondary N) is 1. The van der Waals surface area contributed by atoms with Gasteiger partial charge in [0.2, 0.25) is 0 Å². The third-order valence-electron chi connectivity index (χ3n) is 2.24. The van der Waals surface area contributed by atoms with Crippen molar-refractivity contribution in [3.8, 4) is 0 Å². The molecule has 0 aliphatic carbocycles. The minimum atomic E-state index is -0.382. The third kappa shape index (κ3) is 2.80. The molecule has 18 heavy (non-hydrogen) atoms.